The van der Waals surface area contributed by atoms with Gasteiger partial charge in [0, 0.05) is 19.6 Å². The van der Waals surface area contributed by atoms with Crippen LogP contribution in [0, 0.1) is 5.82 Å². The van der Waals surface area contributed by atoms with Crippen LogP contribution < -0.4 is 5.32 Å². The minimum Gasteiger partial charge on any atom is -0.480 e. The Morgan fingerprint density at radius 3 is 3.04 bits per heavy atom. The number of carbonyl (C=O) groups excluding carboxylic acids is 1. The Balaban J connectivity index is 1.58. The van der Waals surface area contributed by atoms with Crippen LogP contribution in [0.5, 0.6) is 0 Å². The van der Waals surface area contributed by atoms with Gasteiger partial charge in [0.2, 0.25) is 0 Å². The molecule has 0 bridgehead atoms. The van der Waals surface area contributed by atoms with Crippen LogP contribution in [-0.2, 0) is 16.0 Å². The van der Waals surface area contributed by atoms with Crippen LogP contribution in [-0.4, -0.2) is 72.8 Å². The van der Waals surface area contributed by atoms with Gasteiger partial charge in [0.1, 0.15) is 5.82 Å². The van der Waals surface area contributed by atoms with E-state index in [0.29, 0.717) is 26.2 Å². The minimum absolute atomic E-state index is 0.0729. The number of likely N-dealkylation sites (N-methyl/N-ethyl adjacent to an activating group) is 1. The van der Waals surface area contributed by atoms with Crippen LogP contribution in [0.3, 0.4) is 0 Å². The number of ether oxygens (including phenoxy) is 1. The van der Waals surface area contributed by atoms with Crippen molar-refractivity contribution in [2.75, 3.05) is 39.8 Å². The van der Waals surface area contributed by atoms with Gasteiger partial charge in [-0.2, -0.15) is 0 Å². The van der Waals surface area contributed by atoms with Crippen molar-refractivity contribution in [2.24, 2.45) is 0 Å². The topological polar surface area (TPSA) is 82.1 Å². The summed E-state index contributed by atoms with van der Waals surface area (Å²) < 4.78 is 19.3. The number of carboxylic acids is 1. The maximum absolute atomic E-state index is 13.6. The lowest BCUT2D eigenvalue weighted by Crippen LogP contribution is -2.53. The fourth-order valence-corrected chi connectivity index (χ4v) is 3.82. The first-order chi connectivity index (χ1) is 12.9. The number of hydrogen-bond donors (Lipinski definition) is 2. The number of hydrogen-bond acceptors (Lipinski definition) is 4. The number of aliphatic carboxylic acids is 1. The first-order valence-corrected chi connectivity index (χ1v) is 9.28. The standard InChI is InChI=1S/C19H26FN3O4/c1-22(12-18(24)25)10-15-11-23(7-8-27-15)19(26)21-17-4-2-3-13-5-6-14(20)9-16(13)17/h5-6,9,15,17H,2-4,7-8,10-12H2,1H3,(H,21,26)(H,24,25)/t15?,17-/m1/s1. The van der Waals surface area contributed by atoms with Gasteiger partial charge in [0.25, 0.3) is 0 Å². The molecule has 1 aromatic carbocycles. The highest BCUT2D eigenvalue weighted by molar-refractivity contribution is 5.75. The van der Waals surface area contributed by atoms with Gasteiger partial charge in [-0.3, -0.25) is 9.69 Å². The maximum atomic E-state index is 13.6. The molecule has 148 valence electrons. The number of nitrogens with zero attached hydrogens (tertiary/aromatic N) is 2. The second-order valence-corrected chi connectivity index (χ2v) is 7.27. The molecule has 2 N–H and O–H groups in total. The van der Waals surface area contributed by atoms with E-state index in [9.17, 15) is 14.0 Å². The quantitative estimate of drug-likeness (QED) is 0.813. The third-order valence-electron chi connectivity index (χ3n) is 5.07. The number of carboxylic acid groups (broad SMARTS) is 1. The SMILES string of the molecule is CN(CC(=O)O)CC1CN(C(=O)N[C@@H]2CCCc3ccc(F)cc32)CCO1. The number of nitrogens with one attached hydrogen (secondary N) is 1. The molecule has 1 saturated heterocycles. The lowest BCUT2D eigenvalue weighted by Gasteiger charge is -2.36. The van der Waals surface area contributed by atoms with E-state index in [0.717, 1.165) is 30.4 Å². The average molecular weight is 379 g/mol. The molecule has 1 unspecified atom stereocenters. The van der Waals surface area contributed by atoms with Gasteiger partial charge >= 0.3 is 12.0 Å². The number of urea groups is 1. The Morgan fingerprint density at radius 2 is 2.26 bits per heavy atom. The fourth-order valence-electron chi connectivity index (χ4n) is 3.82. The molecule has 1 aromatic rings. The highest BCUT2D eigenvalue weighted by atomic mass is 19.1. The summed E-state index contributed by atoms with van der Waals surface area (Å²) in [5, 5.41) is 11.9. The van der Waals surface area contributed by atoms with Crippen molar-refractivity contribution in [3.8, 4) is 0 Å². The number of carbonyl (C=O) groups is 2. The van der Waals surface area contributed by atoms with E-state index in [-0.39, 0.29) is 30.5 Å². The van der Waals surface area contributed by atoms with Gasteiger partial charge in [0.05, 0.1) is 25.3 Å². The van der Waals surface area contributed by atoms with Crippen LogP contribution in [0.4, 0.5) is 9.18 Å². The molecule has 1 aliphatic carbocycles. The number of benzene rings is 1. The monoisotopic (exact) mass is 379 g/mol. The summed E-state index contributed by atoms with van der Waals surface area (Å²) in [4.78, 5) is 26.9. The normalized spacial score (nSPS) is 22.4. The van der Waals surface area contributed by atoms with Gasteiger partial charge in [-0.05, 0) is 49.6 Å². The smallest absolute Gasteiger partial charge is 0.318 e. The first kappa shape index (κ1) is 19.6. The Morgan fingerprint density at radius 1 is 1.44 bits per heavy atom. The third-order valence-corrected chi connectivity index (χ3v) is 5.07. The third kappa shape index (κ3) is 5.17. The van der Waals surface area contributed by atoms with E-state index in [4.69, 9.17) is 9.84 Å². The second-order valence-electron chi connectivity index (χ2n) is 7.27. The van der Waals surface area contributed by atoms with E-state index in [2.05, 4.69) is 5.32 Å². The maximum Gasteiger partial charge on any atom is 0.318 e. The molecule has 0 saturated carbocycles. The summed E-state index contributed by atoms with van der Waals surface area (Å²) in [7, 11) is 1.71. The number of morpholine rings is 1. The number of halogens is 1. The zero-order valence-corrected chi connectivity index (χ0v) is 15.5. The molecular formula is C19H26FN3O4. The number of amides is 2. The summed E-state index contributed by atoms with van der Waals surface area (Å²) in [6, 6.07) is 4.40. The van der Waals surface area contributed by atoms with Crippen molar-refractivity contribution in [1.82, 2.24) is 15.1 Å². The lowest BCUT2D eigenvalue weighted by molar-refractivity contribution is -0.138. The van der Waals surface area contributed by atoms with Crippen molar-refractivity contribution in [3.05, 3.63) is 35.1 Å². The van der Waals surface area contributed by atoms with E-state index < -0.39 is 5.97 Å². The molecule has 27 heavy (non-hydrogen) atoms. The van der Waals surface area contributed by atoms with E-state index >= 15 is 0 Å². The van der Waals surface area contributed by atoms with Crippen LogP contribution in [0.25, 0.3) is 0 Å². The van der Waals surface area contributed by atoms with E-state index in [1.54, 1.807) is 22.9 Å². The molecule has 3 rings (SSSR count). The molecule has 8 heteroatoms. The molecule has 0 spiro atoms. The Kier molecular flexibility index (Phi) is 6.28. The minimum atomic E-state index is -0.897. The van der Waals surface area contributed by atoms with Crippen LogP contribution in [0.15, 0.2) is 18.2 Å². The van der Waals surface area contributed by atoms with Crippen LogP contribution >= 0.6 is 0 Å². The Bertz CT molecular complexity index is 700. The van der Waals surface area contributed by atoms with Gasteiger partial charge in [-0.15, -0.1) is 0 Å². The van der Waals surface area contributed by atoms with Crippen molar-refractivity contribution in [1.29, 1.82) is 0 Å². The zero-order chi connectivity index (χ0) is 19.4. The first-order valence-electron chi connectivity index (χ1n) is 9.28. The molecular weight excluding hydrogens is 353 g/mol. The fraction of sp³-hybridized carbons (Fsp3) is 0.579. The second kappa shape index (κ2) is 8.67. The molecule has 1 heterocycles. The summed E-state index contributed by atoms with van der Waals surface area (Å²) in [6.45, 7) is 1.66. The average Bonchev–Trinajstić information content (AvgIpc) is 2.61. The summed E-state index contributed by atoms with van der Waals surface area (Å²) in [5.41, 5.74) is 1.95. The molecule has 2 aliphatic rings. The Labute approximate surface area is 158 Å². The molecule has 7 nitrogen and oxygen atoms in total. The summed E-state index contributed by atoms with van der Waals surface area (Å²) in [5.74, 6) is -1.19. The number of fused-ring (bicyclic) bond motifs is 1. The number of rotatable bonds is 5. The zero-order valence-electron chi connectivity index (χ0n) is 15.5. The van der Waals surface area contributed by atoms with E-state index in [1.807, 2.05) is 0 Å². The van der Waals surface area contributed by atoms with Gasteiger partial charge < -0.3 is 20.1 Å². The molecule has 1 aliphatic heterocycles. The van der Waals surface area contributed by atoms with Crippen molar-refractivity contribution in [3.63, 3.8) is 0 Å². The predicted octanol–water partition coefficient (Wildman–Crippen LogP) is 1.63. The molecule has 2 amide bonds. The van der Waals surface area contributed by atoms with Crippen molar-refractivity contribution >= 4 is 12.0 Å². The van der Waals surface area contributed by atoms with Crippen molar-refractivity contribution < 1.29 is 23.8 Å². The van der Waals surface area contributed by atoms with Crippen LogP contribution in [0.1, 0.15) is 30.0 Å². The number of aryl methyl sites for hydroxylation is 1. The summed E-state index contributed by atoms with van der Waals surface area (Å²) >= 11 is 0. The summed E-state index contributed by atoms with van der Waals surface area (Å²) in [6.07, 6.45) is 2.41. The van der Waals surface area contributed by atoms with Crippen LogP contribution in [0.2, 0.25) is 0 Å². The lowest BCUT2D eigenvalue weighted by atomic mass is 9.87. The van der Waals surface area contributed by atoms with Gasteiger partial charge in [-0.1, -0.05) is 6.07 Å². The predicted molar refractivity (Wildman–Crippen MR) is 97.1 cm³/mol. The molecule has 0 aromatic heterocycles. The van der Waals surface area contributed by atoms with Gasteiger partial charge in [0.15, 0.2) is 0 Å². The molecule has 1 fully saturated rings. The molecule has 2 atom stereocenters. The highest BCUT2D eigenvalue weighted by Crippen LogP contribution is 2.30. The largest absolute Gasteiger partial charge is 0.480 e. The Hall–Kier alpha value is -2.19. The highest BCUT2D eigenvalue weighted by Gasteiger charge is 2.28. The van der Waals surface area contributed by atoms with Gasteiger partial charge in [-0.25, -0.2) is 9.18 Å². The molecule has 0 radical (unpaired) electrons. The van der Waals surface area contributed by atoms with E-state index in [1.165, 1.54) is 12.1 Å². The van der Waals surface area contributed by atoms with Crippen molar-refractivity contribution in [2.45, 2.75) is 31.4 Å².